The van der Waals surface area contributed by atoms with Crippen molar-refractivity contribution in [2.24, 2.45) is 0 Å². The fraction of sp³-hybridized carbons (Fsp3) is 0.258. The standard InChI is InChI=1S/C62H50N4/c1-59(2,3)35-17-31-13-14-32-18-36(60(4,5)6)22-44-52(32)51(31)43(21-35)55-47(27-63)39-25-41-42(26-40(39)48(28-64)56(44)55)50(30-66)58-46-24-38(62(10,11)12)20-34-16-15-33-19-37(61(7,8)9)23-45(53(33)54(34)46)57(58)49(41)29-65/h13-26H,1-12H3. The second-order valence-corrected chi connectivity index (χ2v) is 23.0. The molecule has 0 unspecified atom stereocenters. The zero-order valence-electron chi connectivity index (χ0n) is 39.9. The fourth-order valence-electron chi connectivity index (χ4n) is 11.2. The van der Waals surface area contributed by atoms with E-state index in [-0.39, 0.29) is 21.7 Å². The van der Waals surface area contributed by atoms with Crippen LogP contribution in [0.2, 0.25) is 0 Å². The van der Waals surface area contributed by atoms with Gasteiger partial charge in [0, 0.05) is 43.1 Å². The van der Waals surface area contributed by atoms with Crippen molar-refractivity contribution < 1.29 is 0 Å². The normalized spacial score (nSPS) is 13.1. The van der Waals surface area contributed by atoms with E-state index in [1.54, 1.807) is 0 Å². The summed E-state index contributed by atoms with van der Waals surface area (Å²) in [7, 11) is 0. The van der Waals surface area contributed by atoms with E-state index in [1.165, 1.54) is 0 Å². The molecule has 0 aliphatic heterocycles. The molecule has 0 saturated heterocycles. The van der Waals surface area contributed by atoms with E-state index in [9.17, 15) is 21.0 Å². The fourth-order valence-corrected chi connectivity index (χ4v) is 11.2. The third-order valence-electron chi connectivity index (χ3n) is 14.8. The summed E-state index contributed by atoms with van der Waals surface area (Å²) >= 11 is 0. The van der Waals surface area contributed by atoms with Crippen molar-refractivity contribution in [3.05, 3.63) is 129 Å². The van der Waals surface area contributed by atoms with Gasteiger partial charge in [0.25, 0.3) is 0 Å². The molecule has 11 aromatic rings. The Bertz CT molecular complexity index is 3670. The number of fused-ring (bicyclic) bond motifs is 8. The molecule has 0 N–H and O–H groups in total. The first-order valence-electron chi connectivity index (χ1n) is 23.0. The number of hydrogen-bond donors (Lipinski definition) is 0. The summed E-state index contributed by atoms with van der Waals surface area (Å²) in [4.78, 5) is 0. The maximum absolute atomic E-state index is 11.6. The molecule has 0 aliphatic carbocycles. The van der Waals surface area contributed by atoms with E-state index in [0.29, 0.717) is 43.8 Å². The van der Waals surface area contributed by atoms with Gasteiger partial charge in [0.2, 0.25) is 0 Å². The van der Waals surface area contributed by atoms with Gasteiger partial charge >= 0.3 is 0 Å². The van der Waals surface area contributed by atoms with Crippen LogP contribution in [0.25, 0.3) is 108 Å². The van der Waals surface area contributed by atoms with Gasteiger partial charge < -0.3 is 0 Å². The van der Waals surface area contributed by atoms with Crippen molar-refractivity contribution in [2.75, 3.05) is 0 Å². The van der Waals surface area contributed by atoms with Gasteiger partial charge in [-0.2, -0.15) is 21.0 Å². The average molecular weight is 851 g/mol. The van der Waals surface area contributed by atoms with Crippen LogP contribution in [0.3, 0.4) is 0 Å². The van der Waals surface area contributed by atoms with Crippen LogP contribution < -0.4 is 0 Å². The first-order valence-corrected chi connectivity index (χ1v) is 23.0. The van der Waals surface area contributed by atoms with Gasteiger partial charge in [-0.05, 0) is 145 Å². The monoisotopic (exact) mass is 850 g/mol. The zero-order valence-corrected chi connectivity index (χ0v) is 39.9. The first-order chi connectivity index (χ1) is 31.1. The van der Waals surface area contributed by atoms with Crippen LogP contribution >= 0.6 is 0 Å². The van der Waals surface area contributed by atoms with Crippen LogP contribution in [0.4, 0.5) is 0 Å². The average Bonchev–Trinajstić information content (AvgIpc) is 3.26. The van der Waals surface area contributed by atoms with Gasteiger partial charge in [-0.3, -0.25) is 0 Å². The minimum atomic E-state index is -0.200. The van der Waals surface area contributed by atoms with Crippen LogP contribution in [0.5, 0.6) is 0 Å². The Balaban J connectivity index is 1.45. The van der Waals surface area contributed by atoms with Gasteiger partial charge in [0.15, 0.2) is 0 Å². The Kier molecular flexibility index (Phi) is 8.16. The van der Waals surface area contributed by atoms with Gasteiger partial charge in [0.05, 0.1) is 22.3 Å². The molecule has 66 heavy (non-hydrogen) atoms. The molecule has 0 aromatic heterocycles. The van der Waals surface area contributed by atoms with Crippen molar-refractivity contribution in [3.63, 3.8) is 0 Å². The van der Waals surface area contributed by atoms with Gasteiger partial charge in [0.1, 0.15) is 24.3 Å². The van der Waals surface area contributed by atoms with Crippen LogP contribution in [0.15, 0.2) is 84.9 Å². The van der Waals surface area contributed by atoms with Crippen molar-refractivity contribution in [2.45, 2.75) is 105 Å². The SMILES string of the molecule is CC(C)(C)c1cc2ccc3cc(C(C)(C)C)cc4c5c(C#N)c6cc7c(C#N)c8c9cc(C(C)(C)C)cc%10ccc%11cc(C(C)(C)C)cc(c8c(C#N)c7cc6c(C#N)c5c(c1)c2c34)c%11c%109. The lowest BCUT2D eigenvalue weighted by Crippen LogP contribution is -2.12. The molecular weight excluding hydrogens is 801 g/mol. The number of rotatable bonds is 0. The number of benzene rings is 11. The summed E-state index contributed by atoms with van der Waals surface area (Å²) in [5.41, 5.74) is 5.58. The largest absolute Gasteiger partial charge is 0.192 e. The highest BCUT2D eigenvalue weighted by Crippen LogP contribution is 2.52. The molecule has 0 aliphatic rings. The summed E-state index contributed by atoms with van der Waals surface area (Å²) < 4.78 is 0. The molecule has 0 atom stereocenters. The van der Waals surface area contributed by atoms with Gasteiger partial charge in [-0.15, -0.1) is 0 Å². The second kappa shape index (κ2) is 13.1. The topological polar surface area (TPSA) is 95.2 Å². The molecule has 0 heterocycles. The van der Waals surface area contributed by atoms with Crippen LogP contribution in [0, 0.1) is 45.3 Å². The van der Waals surface area contributed by atoms with Crippen molar-refractivity contribution in [1.82, 2.24) is 0 Å². The van der Waals surface area contributed by atoms with E-state index in [2.05, 4.69) is 180 Å². The van der Waals surface area contributed by atoms with E-state index in [4.69, 9.17) is 0 Å². The number of nitrogens with zero attached hydrogens (tertiary/aromatic N) is 4. The molecule has 0 amide bonds. The molecule has 318 valence electrons. The molecular formula is C62H50N4. The van der Waals surface area contributed by atoms with Crippen molar-refractivity contribution >= 4 is 108 Å². The second-order valence-electron chi connectivity index (χ2n) is 23.0. The van der Waals surface area contributed by atoms with Crippen molar-refractivity contribution in [1.29, 1.82) is 21.0 Å². The lowest BCUT2D eigenvalue weighted by Gasteiger charge is -2.26. The quantitative estimate of drug-likeness (QED) is 0.112. The Hall–Kier alpha value is -7.50. The van der Waals surface area contributed by atoms with Crippen molar-refractivity contribution in [3.8, 4) is 24.3 Å². The van der Waals surface area contributed by atoms with E-state index in [0.717, 1.165) is 108 Å². The summed E-state index contributed by atoms with van der Waals surface area (Å²) in [5, 5.41) is 64.2. The molecule has 0 bridgehead atoms. The Morgan fingerprint density at radius 1 is 0.258 bits per heavy atom. The molecule has 11 aromatic carbocycles. The molecule has 4 heteroatoms. The van der Waals surface area contributed by atoms with Gasteiger partial charge in [-0.1, -0.05) is 132 Å². The lowest BCUT2D eigenvalue weighted by molar-refractivity contribution is 0.591. The highest BCUT2D eigenvalue weighted by molar-refractivity contribution is 6.40. The summed E-state index contributed by atoms with van der Waals surface area (Å²) in [5.74, 6) is 0. The third-order valence-corrected chi connectivity index (χ3v) is 14.8. The Morgan fingerprint density at radius 2 is 0.455 bits per heavy atom. The summed E-state index contributed by atoms with van der Waals surface area (Å²) in [6.07, 6.45) is 0. The van der Waals surface area contributed by atoms with Crippen LogP contribution in [0.1, 0.15) is 128 Å². The molecule has 11 rings (SSSR count). The zero-order chi connectivity index (χ0) is 46.9. The lowest BCUT2D eigenvalue weighted by atomic mass is 9.76. The number of hydrogen-bond acceptors (Lipinski definition) is 4. The summed E-state index contributed by atoms with van der Waals surface area (Å²) in [6, 6.07) is 41.4. The minimum absolute atomic E-state index is 0.200. The number of nitriles is 4. The molecule has 0 saturated carbocycles. The minimum Gasteiger partial charge on any atom is -0.192 e. The Labute approximate surface area is 385 Å². The molecule has 4 nitrogen and oxygen atoms in total. The highest BCUT2D eigenvalue weighted by Gasteiger charge is 2.30. The predicted octanol–water partition coefficient (Wildman–Crippen LogP) is 16.8. The highest BCUT2D eigenvalue weighted by atomic mass is 14.4. The summed E-state index contributed by atoms with van der Waals surface area (Å²) in [6.45, 7) is 26.4. The molecule has 0 spiro atoms. The Morgan fingerprint density at radius 3 is 0.621 bits per heavy atom. The molecule has 0 radical (unpaired) electrons. The van der Waals surface area contributed by atoms with Crippen LogP contribution in [-0.2, 0) is 21.7 Å². The van der Waals surface area contributed by atoms with Crippen LogP contribution in [-0.4, -0.2) is 0 Å². The predicted molar refractivity (Wildman–Crippen MR) is 278 cm³/mol. The molecule has 0 fully saturated rings. The maximum atomic E-state index is 11.6. The first kappa shape index (κ1) is 41.2. The smallest absolute Gasteiger partial charge is 0.100 e. The maximum Gasteiger partial charge on any atom is 0.100 e. The third kappa shape index (κ3) is 5.46. The van der Waals surface area contributed by atoms with E-state index < -0.39 is 0 Å². The van der Waals surface area contributed by atoms with Gasteiger partial charge in [-0.25, -0.2) is 0 Å². The van der Waals surface area contributed by atoms with E-state index in [1.807, 2.05) is 12.1 Å². The van der Waals surface area contributed by atoms with E-state index >= 15 is 0 Å².